The molecule has 2 amide bonds. The van der Waals surface area contributed by atoms with E-state index >= 15 is 0 Å². The molecule has 3 N–H and O–H groups in total. The number of amides is 2. The van der Waals surface area contributed by atoms with Crippen LogP contribution in [0.2, 0.25) is 0 Å². The van der Waals surface area contributed by atoms with Crippen LogP contribution in [0.25, 0.3) is 10.9 Å². The van der Waals surface area contributed by atoms with Gasteiger partial charge in [-0.2, -0.15) is 0 Å². The van der Waals surface area contributed by atoms with Crippen molar-refractivity contribution in [2.75, 3.05) is 20.2 Å². The first-order chi connectivity index (χ1) is 12.1. The highest BCUT2D eigenvalue weighted by Crippen LogP contribution is 2.26. The third-order valence-electron chi connectivity index (χ3n) is 5.61. The number of hydrogen-bond acceptors (Lipinski definition) is 2. The van der Waals surface area contributed by atoms with Crippen LogP contribution in [0.4, 0.5) is 4.79 Å². The van der Waals surface area contributed by atoms with Gasteiger partial charge >= 0.3 is 6.03 Å². The minimum atomic E-state index is 0.00371. The number of rotatable bonds is 5. The van der Waals surface area contributed by atoms with Crippen LogP contribution in [0.3, 0.4) is 0 Å². The third-order valence-corrected chi connectivity index (χ3v) is 5.61. The number of urea groups is 1. The van der Waals surface area contributed by atoms with Gasteiger partial charge in [-0.25, -0.2) is 4.79 Å². The highest BCUT2D eigenvalue weighted by molar-refractivity contribution is 5.86. The van der Waals surface area contributed by atoms with Crippen molar-refractivity contribution in [2.24, 2.45) is 5.92 Å². The maximum absolute atomic E-state index is 12.4. The molecule has 136 valence electrons. The highest BCUT2D eigenvalue weighted by atomic mass is 16.3. The molecule has 1 aromatic carbocycles. The first-order valence-corrected chi connectivity index (χ1v) is 9.27. The fourth-order valence-corrected chi connectivity index (χ4v) is 3.96. The van der Waals surface area contributed by atoms with Crippen LogP contribution >= 0.6 is 0 Å². The zero-order chi connectivity index (χ0) is 17.8. The quantitative estimate of drug-likeness (QED) is 0.780. The van der Waals surface area contributed by atoms with Gasteiger partial charge in [0.25, 0.3) is 0 Å². The molecule has 5 heteroatoms. The maximum Gasteiger partial charge on any atom is 0.317 e. The van der Waals surface area contributed by atoms with Crippen LogP contribution in [0.15, 0.2) is 24.4 Å². The van der Waals surface area contributed by atoms with Crippen molar-refractivity contribution in [1.29, 1.82) is 0 Å². The molecule has 3 rings (SSSR count). The van der Waals surface area contributed by atoms with E-state index in [1.54, 1.807) is 0 Å². The number of nitrogens with zero attached hydrogens (tertiary/aromatic N) is 1. The molecular weight excluding hydrogens is 314 g/mol. The molecular formula is C20H29N3O2. The zero-order valence-corrected chi connectivity index (χ0v) is 15.2. The number of nitrogens with one attached hydrogen (secondary N) is 2. The summed E-state index contributed by atoms with van der Waals surface area (Å²) < 4.78 is 0. The first-order valence-electron chi connectivity index (χ1n) is 9.27. The predicted molar refractivity (Wildman–Crippen MR) is 101 cm³/mol. The zero-order valence-electron chi connectivity index (χ0n) is 15.2. The molecule has 0 radical (unpaired) electrons. The van der Waals surface area contributed by atoms with Gasteiger partial charge < -0.3 is 20.3 Å². The standard InChI is InChI=1S/C20H29N3O2/c1-14-4-3-5-18-19(14)16(12-22-18)10-11-21-20(25)23(2)17-8-6-15(13-24)7-9-17/h3-5,12,15,17,22,24H,6-11,13H2,1-2H3,(H,21,25). The fraction of sp³-hybridized carbons (Fsp3) is 0.550. The molecule has 0 unspecified atom stereocenters. The average Bonchev–Trinajstić information content (AvgIpc) is 3.05. The summed E-state index contributed by atoms with van der Waals surface area (Å²) >= 11 is 0. The Bertz CT molecular complexity index is 717. The Balaban J connectivity index is 1.50. The van der Waals surface area contributed by atoms with Crippen molar-refractivity contribution >= 4 is 16.9 Å². The summed E-state index contributed by atoms with van der Waals surface area (Å²) in [5, 5.41) is 13.6. The van der Waals surface area contributed by atoms with Gasteiger partial charge in [0, 0.05) is 43.3 Å². The van der Waals surface area contributed by atoms with E-state index in [1.807, 2.05) is 18.1 Å². The van der Waals surface area contributed by atoms with E-state index in [-0.39, 0.29) is 18.7 Å². The van der Waals surface area contributed by atoms with Gasteiger partial charge in [0.05, 0.1) is 0 Å². The van der Waals surface area contributed by atoms with E-state index < -0.39 is 0 Å². The number of aliphatic hydroxyl groups excluding tert-OH is 1. The average molecular weight is 343 g/mol. The molecule has 5 nitrogen and oxygen atoms in total. The molecule has 0 atom stereocenters. The summed E-state index contributed by atoms with van der Waals surface area (Å²) in [4.78, 5) is 17.6. The van der Waals surface area contributed by atoms with Crippen LogP contribution in [-0.4, -0.2) is 47.3 Å². The van der Waals surface area contributed by atoms with Crippen molar-refractivity contribution in [2.45, 2.75) is 45.1 Å². The van der Waals surface area contributed by atoms with Crippen molar-refractivity contribution in [1.82, 2.24) is 15.2 Å². The number of benzene rings is 1. The summed E-state index contributed by atoms with van der Waals surface area (Å²) in [5.74, 6) is 0.415. The molecule has 1 heterocycles. The number of H-pyrrole nitrogens is 1. The number of carbonyl (C=O) groups is 1. The van der Waals surface area contributed by atoms with Crippen molar-refractivity contribution < 1.29 is 9.90 Å². The smallest absolute Gasteiger partial charge is 0.317 e. The number of aliphatic hydroxyl groups is 1. The molecule has 1 aliphatic rings. The lowest BCUT2D eigenvalue weighted by atomic mass is 9.86. The summed E-state index contributed by atoms with van der Waals surface area (Å²) in [6.45, 7) is 3.03. The predicted octanol–water partition coefficient (Wildman–Crippen LogP) is 3.21. The van der Waals surface area contributed by atoms with E-state index in [2.05, 4.69) is 35.4 Å². The third kappa shape index (κ3) is 3.98. The second kappa shape index (κ2) is 7.91. The second-order valence-corrected chi connectivity index (χ2v) is 7.26. The second-order valence-electron chi connectivity index (χ2n) is 7.26. The van der Waals surface area contributed by atoms with Crippen LogP contribution in [0.1, 0.15) is 36.8 Å². The Labute approximate surface area is 149 Å². The number of aryl methyl sites for hydroxylation is 1. The molecule has 0 saturated heterocycles. The minimum absolute atomic E-state index is 0.00371. The van der Waals surface area contributed by atoms with E-state index in [1.165, 1.54) is 16.5 Å². The number of aromatic nitrogens is 1. The highest BCUT2D eigenvalue weighted by Gasteiger charge is 2.26. The van der Waals surface area contributed by atoms with Crippen LogP contribution < -0.4 is 5.32 Å². The van der Waals surface area contributed by atoms with E-state index in [4.69, 9.17) is 0 Å². The molecule has 0 spiro atoms. The van der Waals surface area contributed by atoms with Gasteiger partial charge in [0.1, 0.15) is 0 Å². The molecule has 0 bridgehead atoms. The van der Waals surface area contributed by atoms with Gasteiger partial charge in [0.15, 0.2) is 0 Å². The van der Waals surface area contributed by atoms with E-state index in [9.17, 15) is 9.90 Å². The molecule has 1 aromatic heterocycles. The molecule has 25 heavy (non-hydrogen) atoms. The van der Waals surface area contributed by atoms with Gasteiger partial charge in [0.2, 0.25) is 0 Å². The Kier molecular flexibility index (Phi) is 5.63. The number of hydrogen-bond donors (Lipinski definition) is 3. The Morgan fingerprint density at radius 3 is 2.80 bits per heavy atom. The van der Waals surface area contributed by atoms with Gasteiger partial charge in [-0.1, -0.05) is 12.1 Å². The molecule has 1 aliphatic carbocycles. The summed E-state index contributed by atoms with van der Waals surface area (Å²) in [6.07, 6.45) is 6.85. The van der Waals surface area contributed by atoms with Crippen molar-refractivity contribution in [3.63, 3.8) is 0 Å². The van der Waals surface area contributed by atoms with Crippen molar-refractivity contribution in [3.8, 4) is 0 Å². The topological polar surface area (TPSA) is 68.4 Å². The van der Waals surface area contributed by atoms with Gasteiger partial charge in [-0.3, -0.25) is 0 Å². The monoisotopic (exact) mass is 343 g/mol. The maximum atomic E-state index is 12.4. The summed E-state index contributed by atoms with van der Waals surface area (Å²) in [6, 6.07) is 6.55. The fourth-order valence-electron chi connectivity index (χ4n) is 3.96. The Hall–Kier alpha value is -2.01. The molecule has 2 aromatic rings. The molecule has 0 aliphatic heterocycles. The lowest BCUT2D eigenvalue weighted by Gasteiger charge is -2.34. The van der Waals surface area contributed by atoms with Crippen molar-refractivity contribution in [3.05, 3.63) is 35.5 Å². The Morgan fingerprint density at radius 1 is 1.32 bits per heavy atom. The summed E-state index contributed by atoms with van der Waals surface area (Å²) in [7, 11) is 1.88. The van der Waals surface area contributed by atoms with Crippen LogP contribution in [0.5, 0.6) is 0 Å². The van der Waals surface area contributed by atoms with Gasteiger partial charge in [-0.15, -0.1) is 0 Å². The SMILES string of the molecule is Cc1cccc2[nH]cc(CCNC(=O)N(C)C3CCC(CO)CC3)c12. The number of aromatic amines is 1. The lowest BCUT2D eigenvalue weighted by molar-refractivity contribution is 0.134. The van der Waals surface area contributed by atoms with E-state index in [0.29, 0.717) is 12.5 Å². The van der Waals surface area contributed by atoms with Crippen LogP contribution in [-0.2, 0) is 6.42 Å². The number of carbonyl (C=O) groups excluding carboxylic acids is 1. The largest absolute Gasteiger partial charge is 0.396 e. The lowest BCUT2D eigenvalue weighted by Crippen LogP contribution is -2.45. The normalized spacial score (nSPS) is 20.6. The summed E-state index contributed by atoms with van der Waals surface area (Å²) in [5.41, 5.74) is 3.66. The molecule has 1 saturated carbocycles. The van der Waals surface area contributed by atoms with Gasteiger partial charge in [-0.05, 0) is 62.1 Å². The minimum Gasteiger partial charge on any atom is -0.396 e. The Morgan fingerprint density at radius 2 is 2.08 bits per heavy atom. The van der Waals surface area contributed by atoms with E-state index in [0.717, 1.165) is 37.6 Å². The van der Waals surface area contributed by atoms with Crippen LogP contribution in [0, 0.1) is 12.8 Å². The first kappa shape index (κ1) is 17.8. The number of fused-ring (bicyclic) bond motifs is 1. The molecule has 1 fully saturated rings.